The molecule has 0 bridgehead atoms. The van der Waals surface area contributed by atoms with Crippen molar-refractivity contribution in [1.29, 1.82) is 0 Å². The zero-order valence-corrected chi connectivity index (χ0v) is 14.2. The summed E-state index contributed by atoms with van der Waals surface area (Å²) in [6.45, 7) is 2.28. The van der Waals surface area contributed by atoms with Crippen molar-refractivity contribution in [1.82, 2.24) is 5.32 Å². The van der Waals surface area contributed by atoms with E-state index in [-0.39, 0.29) is 12.3 Å². The number of nitrogens with one attached hydrogen (secondary N) is 1. The predicted octanol–water partition coefficient (Wildman–Crippen LogP) is 3.76. The van der Waals surface area contributed by atoms with Crippen molar-refractivity contribution < 1.29 is 18.0 Å². The first kappa shape index (κ1) is 18.0. The number of hydrogen-bond donors (Lipinski definition) is 1. The summed E-state index contributed by atoms with van der Waals surface area (Å²) in [5.74, 6) is -0.410. The maximum atomic E-state index is 12.7. The molecule has 4 nitrogen and oxygen atoms in total. The van der Waals surface area contributed by atoms with Gasteiger partial charge in [0.25, 0.3) is 5.91 Å². The molecular weight excluding hydrogens is 343 g/mol. The maximum Gasteiger partial charge on any atom is 0.416 e. The predicted molar refractivity (Wildman–Crippen MR) is 93.9 cm³/mol. The van der Waals surface area contributed by atoms with Crippen molar-refractivity contribution >= 4 is 17.3 Å². The Bertz CT molecular complexity index is 846. The fraction of sp³-hybridized carbons (Fsp3) is 0.263. The Balaban J connectivity index is 1.64. The van der Waals surface area contributed by atoms with Crippen LogP contribution >= 0.6 is 0 Å². The number of benzene rings is 2. The molecule has 1 amide bonds. The van der Waals surface area contributed by atoms with Crippen molar-refractivity contribution in [3.8, 4) is 0 Å². The Kier molecular flexibility index (Phi) is 4.97. The zero-order valence-electron chi connectivity index (χ0n) is 14.2. The maximum absolute atomic E-state index is 12.7. The van der Waals surface area contributed by atoms with Crippen LogP contribution in [0.25, 0.3) is 0 Å². The molecule has 0 saturated heterocycles. The van der Waals surface area contributed by atoms with E-state index in [1.165, 1.54) is 11.6 Å². The quantitative estimate of drug-likeness (QED) is 0.843. The van der Waals surface area contributed by atoms with Crippen molar-refractivity contribution in [2.24, 2.45) is 5.10 Å². The van der Waals surface area contributed by atoms with E-state index in [1.54, 1.807) is 18.0 Å². The average molecular weight is 361 g/mol. The molecular formula is C19H18F3N3O. The minimum absolute atomic E-state index is 0.00615. The van der Waals surface area contributed by atoms with Gasteiger partial charge in [0, 0.05) is 13.1 Å². The largest absolute Gasteiger partial charge is 0.416 e. The number of amides is 1. The molecule has 0 aliphatic carbocycles. The molecule has 1 aliphatic rings. The fourth-order valence-electron chi connectivity index (χ4n) is 2.82. The lowest BCUT2D eigenvalue weighted by molar-refractivity contribution is -0.137. The number of para-hydroxylation sites is 1. The summed E-state index contributed by atoms with van der Waals surface area (Å²) in [6.07, 6.45) is -3.54. The van der Waals surface area contributed by atoms with E-state index in [9.17, 15) is 18.0 Å². The number of rotatable bonds is 4. The molecule has 2 aromatic rings. The molecule has 2 aromatic carbocycles. The molecule has 3 rings (SSSR count). The first-order valence-electron chi connectivity index (χ1n) is 8.19. The summed E-state index contributed by atoms with van der Waals surface area (Å²) in [4.78, 5) is 12.2. The molecule has 0 radical (unpaired) electrons. The number of anilines is 1. The van der Waals surface area contributed by atoms with Crippen LogP contribution in [0.4, 0.5) is 18.9 Å². The van der Waals surface area contributed by atoms with Crippen molar-refractivity contribution in [2.45, 2.75) is 26.1 Å². The van der Waals surface area contributed by atoms with Gasteiger partial charge in [0.2, 0.25) is 0 Å². The molecule has 0 unspecified atom stereocenters. The van der Waals surface area contributed by atoms with Gasteiger partial charge in [0.1, 0.15) is 5.71 Å². The smallest absolute Gasteiger partial charge is 0.347 e. The lowest BCUT2D eigenvalue weighted by Gasteiger charge is -2.14. The van der Waals surface area contributed by atoms with E-state index in [1.807, 2.05) is 24.3 Å². The molecule has 1 N–H and O–H groups in total. The van der Waals surface area contributed by atoms with Gasteiger partial charge in [-0.2, -0.15) is 18.3 Å². The zero-order chi connectivity index (χ0) is 18.7. The summed E-state index contributed by atoms with van der Waals surface area (Å²) in [6, 6.07) is 12.7. The van der Waals surface area contributed by atoms with Gasteiger partial charge < -0.3 is 5.32 Å². The van der Waals surface area contributed by atoms with Crippen molar-refractivity contribution in [3.05, 3.63) is 65.2 Å². The van der Waals surface area contributed by atoms with Crippen LogP contribution in [0.15, 0.2) is 53.6 Å². The van der Waals surface area contributed by atoms with E-state index in [0.717, 1.165) is 24.2 Å². The SMILES string of the molecule is C/C(=N/N1CCc2ccccc21)C(=O)NCc1cccc(C(F)(F)F)c1. The summed E-state index contributed by atoms with van der Waals surface area (Å²) in [5.41, 5.74) is 2.05. The minimum atomic E-state index is -4.40. The van der Waals surface area contributed by atoms with Crippen LogP contribution in [-0.2, 0) is 23.9 Å². The highest BCUT2D eigenvalue weighted by Crippen LogP contribution is 2.29. The van der Waals surface area contributed by atoms with Gasteiger partial charge in [-0.1, -0.05) is 30.3 Å². The number of carbonyl (C=O) groups is 1. The third-order valence-corrected chi connectivity index (χ3v) is 4.17. The fourth-order valence-corrected chi connectivity index (χ4v) is 2.82. The highest BCUT2D eigenvalue weighted by Gasteiger charge is 2.30. The Morgan fingerprint density at radius 1 is 1.19 bits per heavy atom. The standard InChI is InChI=1S/C19H18F3N3O/c1-13(24-25-10-9-15-6-2-3-8-17(15)25)18(26)23-12-14-5-4-7-16(11-14)19(20,21)22/h2-8,11H,9-10,12H2,1H3,(H,23,26)/b24-13-. The molecule has 136 valence electrons. The van der Waals surface area contributed by atoms with E-state index in [0.29, 0.717) is 12.1 Å². The van der Waals surface area contributed by atoms with Crippen LogP contribution in [0.3, 0.4) is 0 Å². The Morgan fingerprint density at radius 3 is 2.73 bits per heavy atom. The summed E-state index contributed by atoms with van der Waals surface area (Å²) in [5, 5.41) is 8.73. The third kappa shape index (κ3) is 4.04. The molecule has 0 fully saturated rings. The minimum Gasteiger partial charge on any atom is -0.347 e. The van der Waals surface area contributed by atoms with Crippen LogP contribution in [0.1, 0.15) is 23.6 Å². The summed E-state index contributed by atoms with van der Waals surface area (Å²) < 4.78 is 38.2. The van der Waals surface area contributed by atoms with Gasteiger partial charge in [-0.25, -0.2) is 0 Å². The molecule has 1 aliphatic heterocycles. The summed E-state index contributed by atoms with van der Waals surface area (Å²) >= 11 is 0. The van der Waals surface area contributed by atoms with Gasteiger partial charge in [-0.05, 0) is 42.7 Å². The van der Waals surface area contributed by atoms with E-state index < -0.39 is 17.6 Å². The average Bonchev–Trinajstić information content (AvgIpc) is 3.02. The monoisotopic (exact) mass is 361 g/mol. The molecule has 0 spiro atoms. The second-order valence-electron chi connectivity index (χ2n) is 6.07. The molecule has 7 heteroatoms. The number of nitrogens with zero attached hydrogens (tertiary/aromatic N) is 2. The van der Waals surface area contributed by atoms with Gasteiger partial charge in [-0.15, -0.1) is 0 Å². The lowest BCUT2D eigenvalue weighted by Crippen LogP contribution is -2.31. The van der Waals surface area contributed by atoms with Crippen molar-refractivity contribution in [2.75, 3.05) is 11.6 Å². The normalized spacial score (nSPS) is 14.3. The summed E-state index contributed by atoms with van der Waals surface area (Å²) in [7, 11) is 0. The van der Waals surface area contributed by atoms with Gasteiger partial charge >= 0.3 is 6.18 Å². The number of carbonyl (C=O) groups excluding carboxylic acids is 1. The number of fused-ring (bicyclic) bond motifs is 1. The Hall–Kier alpha value is -2.83. The first-order valence-corrected chi connectivity index (χ1v) is 8.19. The molecule has 26 heavy (non-hydrogen) atoms. The topological polar surface area (TPSA) is 44.7 Å². The Labute approximate surface area is 149 Å². The highest BCUT2D eigenvalue weighted by molar-refractivity contribution is 6.38. The second kappa shape index (κ2) is 7.19. The number of hydrazone groups is 1. The number of hydrogen-bond acceptors (Lipinski definition) is 3. The van der Waals surface area contributed by atoms with E-state index in [2.05, 4.69) is 10.4 Å². The van der Waals surface area contributed by atoms with Gasteiger partial charge in [-0.3, -0.25) is 9.80 Å². The number of halogens is 3. The molecule has 0 atom stereocenters. The van der Waals surface area contributed by atoms with E-state index >= 15 is 0 Å². The first-order chi connectivity index (χ1) is 12.3. The number of alkyl halides is 3. The Morgan fingerprint density at radius 2 is 1.96 bits per heavy atom. The van der Waals surface area contributed by atoms with Crippen LogP contribution in [0.5, 0.6) is 0 Å². The van der Waals surface area contributed by atoms with Gasteiger partial charge in [0.05, 0.1) is 11.3 Å². The van der Waals surface area contributed by atoms with Crippen LogP contribution in [0.2, 0.25) is 0 Å². The third-order valence-electron chi connectivity index (χ3n) is 4.17. The highest BCUT2D eigenvalue weighted by atomic mass is 19.4. The van der Waals surface area contributed by atoms with Gasteiger partial charge in [0.15, 0.2) is 0 Å². The molecule has 0 aromatic heterocycles. The van der Waals surface area contributed by atoms with Crippen LogP contribution in [0, 0.1) is 0 Å². The lowest BCUT2D eigenvalue weighted by atomic mass is 10.1. The van der Waals surface area contributed by atoms with Crippen LogP contribution < -0.4 is 10.3 Å². The molecule has 1 heterocycles. The molecule has 0 saturated carbocycles. The van der Waals surface area contributed by atoms with E-state index in [4.69, 9.17) is 0 Å². The second-order valence-corrected chi connectivity index (χ2v) is 6.07. The van der Waals surface area contributed by atoms with Crippen LogP contribution in [-0.4, -0.2) is 18.2 Å². The van der Waals surface area contributed by atoms with Crippen molar-refractivity contribution in [3.63, 3.8) is 0 Å².